The molecule has 8 heteroatoms. The fourth-order valence-corrected chi connectivity index (χ4v) is 6.39. The Morgan fingerprint density at radius 1 is 0.946 bits per heavy atom. The average Bonchev–Trinajstić information content (AvgIpc) is 3.48. The van der Waals surface area contributed by atoms with Crippen molar-refractivity contribution in [2.24, 2.45) is 0 Å². The first kappa shape index (κ1) is 23.6. The van der Waals surface area contributed by atoms with Gasteiger partial charge in [0.25, 0.3) is 5.91 Å². The Morgan fingerprint density at radius 2 is 1.68 bits per heavy atom. The molecule has 6 nitrogen and oxygen atoms in total. The Labute approximate surface area is 222 Å². The second-order valence-electron chi connectivity index (χ2n) is 9.22. The SMILES string of the molecule is Cc1ccc(CSc2nnc(N3C(=O)c4oc5cc(C)c(C)cc5c(=O)c4C3c3ccccc3)s2)cc1. The molecule has 184 valence electrons. The molecule has 3 heterocycles. The van der Waals surface area contributed by atoms with Crippen molar-refractivity contribution in [3.05, 3.63) is 116 Å². The number of carbonyl (C=O) groups is 1. The second-order valence-corrected chi connectivity index (χ2v) is 11.4. The number of aromatic nitrogens is 2. The lowest BCUT2D eigenvalue weighted by atomic mass is 9.98. The molecule has 0 saturated heterocycles. The molecule has 0 N–H and O–H groups in total. The van der Waals surface area contributed by atoms with Gasteiger partial charge in [-0.25, -0.2) is 0 Å². The van der Waals surface area contributed by atoms with Gasteiger partial charge in [-0.1, -0.05) is 83.3 Å². The summed E-state index contributed by atoms with van der Waals surface area (Å²) < 4.78 is 6.87. The molecule has 2 aromatic heterocycles. The van der Waals surface area contributed by atoms with Crippen LogP contribution in [0.2, 0.25) is 0 Å². The summed E-state index contributed by atoms with van der Waals surface area (Å²) in [7, 11) is 0. The molecule has 6 rings (SSSR count). The largest absolute Gasteiger partial charge is 0.450 e. The molecule has 0 spiro atoms. The lowest BCUT2D eigenvalue weighted by Crippen LogP contribution is -2.29. The molecular formula is C29H23N3O3S2. The third-order valence-electron chi connectivity index (χ3n) is 6.69. The number of benzene rings is 3. The van der Waals surface area contributed by atoms with Crippen LogP contribution >= 0.6 is 23.1 Å². The monoisotopic (exact) mass is 525 g/mol. The first-order chi connectivity index (χ1) is 17.9. The zero-order valence-corrected chi connectivity index (χ0v) is 22.2. The van der Waals surface area contributed by atoms with E-state index < -0.39 is 6.04 Å². The number of anilines is 1. The van der Waals surface area contributed by atoms with Crippen LogP contribution in [0.3, 0.4) is 0 Å². The topological polar surface area (TPSA) is 76.3 Å². The predicted octanol–water partition coefficient (Wildman–Crippen LogP) is 6.61. The van der Waals surface area contributed by atoms with Gasteiger partial charge in [0.2, 0.25) is 10.9 Å². The molecule has 1 unspecified atom stereocenters. The van der Waals surface area contributed by atoms with Gasteiger partial charge in [-0.2, -0.15) is 0 Å². The Morgan fingerprint density at radius 3 is 2.43 bits per heavy atom. The fourth-order valence-electron chi connectivity index (χ4n) is 4.56. The minimum Gasteiger partial charge on any atom is -0.450 e. The zero-order chi connectivity index (χ0) is 25.7. The summed E-state index contributed by atoms with van der Waals surface area (Å²) in [6.45, 7) is 5.98. The van der Waals surface area contributed by atoms with Crippen LogP contribution in [0.15, 0.2) is 80.3 Å². The minimum absolute atomic E-state index is 0.0682. The van der Waals surface area contributed by atoms with Gasteiger partial charge in [-0.05, 0) is 55.2 Å². The molecule has 0 fully saturated rings. The smallest absolute Gasteiger partial charge is 0.297 e. The molecule has 0 saturated carbocycles. The van der Waals surface area contributed by atoms with E-state index in [1.54, 1.807) is 16.7 Å². The molecule has 37 heavy (non-hydrogen) atoms. The van der Waals surface area contributed by atoms with E-state index in [0.29, 0.717) is 21.7 Å². The minimum atomic E-state index is -0.645. The van der Waals surface area contributed by atoms with Gasteiger partial charge in [0, 0.05) is 5.75 Å². The number of rotatable bonds is 5. The van der Waals surface area contributed by atoms with Gasteiger partial charge in [0.15, 0.2) is 9.77 Å². The van der Waals surface area contributed by atoms with Crippen LogP contribution < -0.4 is 10.3 Å². The number of hydrogen-bond acceptors (Lipinski definition) is 7. The van der Waals surface area contributed by atoms with Gasteiger partial charge >= 0.3 is 0 Å². The van der Waals surface area contributed by atoms with E-state index in [9.17, 15) is 9.59 Å². The van der Waals surface area contributed by atoms with Crippen molar-refractivity contribution < 1.29 is 9.21 Å². The Kier molecular flexibility index (Phi) is 5.93. The predicted molar refractivity (Wildman–Crippen MR) is 148 cm³/mol. The normalized spacial score (nSPS) is 14.9. The van der Waals surface area contributed by atoms with E-state index in [2.05, 4.69) is 41.4 Å². The van der Waals surface area contributed by atoms with Crippen molar-refractivity contribution >= 4 is 45.1 Å². The van der Waals surface area contributed by atoms with Gasteiger partial charge in [-0.3, -0.25) is 14.5 Å². The molecular weight excluding hydrogens is 502 g/mol. The third-order valence-corrected chi connectivity index (χ3v) is 8.81. The molecule has 1 aliphatic heterocycles. The van der Waals surface area contributed by atoms with E-state index in [1.807, 2.05) is 56.3 Å². The van der Waals surface area contributed by atoms with Crippen LogP contribution in [0.4, 0.5) is 5.13 Å². The van der Waals surface area contributed by atoms with Crippen molar-refractivity contribution in [2.75, 3.05) is 4.90 Å². The van der Waals surface area contributed by atoms with Crippen molar-refractivity contribution in [2.45, 2.75) is 36.9 Å². The van der Waals surface area contributed by atoms with E-state index in [1.165, 1.54) is 22.5 Å². The highest BCUT2D eigenvalue weighted by molar-refractivity contribution is 8.00. The quantitative estimate of drug-likeness (QED) is 0.190. The molecule has 0 radical (unpaired) electrons. The average molecular weight is 526 g/mol. The van der Waals surface area contributed by atoms with Gasteiger partial charge in [0.05, 0.1) is 17.0 Å². The lowest BCUT2D eigenvalue weighted by molar-refractivity contribution is 0.0970. The Balaban J connectivity index is 1.43. The lowest BCUT2D eigenvalue weighted by Gasteiger charge is -2.21. The van der Waals surface area contributed by atoms with E-state index in [-0.39, 0.29) is 17.1 Å². The number of hydrogen-bond donors (Lipinski definition) is 0. The Hall–Kier alpha value is -3.75. The first-order valence-corrected chi connectivity index (χ1v) is 13.7. The molecule has 0 bridgehead atoms. The summed E-state index contributed by atoms with van der Waals surface area (Å²) in [5.41, 5.74) is 5.78. The van der Waals surface area contributed by atoms with Crippen LogP contribution in [0, 0.1) is 20.8 Å². The Bertz CT molecular complexity index is 1710. The van der Waals surface area contributed by atoms with Gasteiger partial charge in [0.1, 0.15) is 5.58 Å². The number of thioether (sulfide) groups is 1. The van der Waals surface area contributed by atoms with Gasteiger partial charge < -0.3 is 4.42 Å². The molecule has 1 amide bonds. The number of nitrogens with zero attached hydrogens (tertiary/aromatic N) is 3. The van der Waals surface area contributed by atoms with Crippen molar-refractivity contribution in [3.63, 3.8) is 0 Å². The summed E-state index contributed by atoms with van der Waals surface area (Å²) in [5, 5.41) is 9.63. The highest BCUT2D eigenvalue weighted by Crippen LogP contribution is 2.43. The van der Waals surface area contributed by atoms with Gasteiger partial charge in [-0.15, -0.1) is 10.2 Å². The van der Waals surface area contributed by atoms with Crippen LogP contribution in [0.25, 0.3) is 11.0 Å². The maximum atomic E-state index is 13.8. The highest BCUT2D eigenvalue weighted by Gasteiger charge is 2.45. The molecule has 5 aromatic rings. The number of carbonyl (C=O) groups excluding carboxylic acids is 1. The molecule has 0 aliphatic carbocycles. The van der Waals surface area contributed by atoms with Crippen LogP contribution in [-0.2, 0) is 5.75 Å². The van der Waals surface area contributed by atoms with Crippen molar-refractivity contribution in [3.8, 4) is 0 Å². The second kappa shape index (κ2) is 9.28. The van der Waals surface area contributed by atoms with Crippen molar-refractivity contribution in [1.82, 2.24) is 10.2 Å². The fraction of sp³-hybridized carbons (Fsp3) is 0.172. The molecule has 1 aliphatic rings. The maximum absolute atomic E-state index is 13.8. The summed E-state index contributed by atoms with van der Waals surface area (Å²) in [5.74, 6) is 0.431. The van der Waals surface area contributed by atoms with E-state index in [0.717, 1.165) is 26.8 Å². The first-order valence-electron chi connectivity index (χ1n) is 11.9. The van der Waals surface area contributed by atoms with Crippen LogP contribution in [-0.4, -0.2) is 16.1 Å². The third kappa shape index (κ3) is 4.16. The number of fused-ring (bicyclic) bond motifs is 2. The summed E-state index contributed by atoms with van der Waals surface area (Å²) in [6.07, 6.45) is 0. The van der Waals surface area contributed by atoms with Crippen LogP contribution in [0.1, 0.15) is 50.0 Å². The number of aryl methyl sites for hydroxylation is 3. The summed E-state index contributed by atoms with van der Waals surface area (Å²) in [4.78, 5) is 29.1. The van der Waals surface area contributed by atoms with E-state index >= 15 is 0 Å². The molecule has 3 aromatic carbocycles. The number of amides is 1. The summed E-state index contributed by atoms with van der Waals surface area (Å²) >= 11 is 2.91. The highest BCUT2D eigenvalue weighted by atomic mass is 32.2. The zero-order valence-electron chi connectivity index (χ0n) is 20.5. The standard InChI is InChI=1S/C29H23N3O3S2/c1-16-9-11-19(12-10-16)15-36-29-31-30-28(37-29)32-24(20-7-5-4-6-8-20)23-25(33)21-13-17(2)18(3)14-22(21)35-26(23)27(32)34/h4-14,24H,15H2,1-3H3. The van der Waals surface area contributed by atoms with E-state index in [4.69, 9.17) is 4.42 Å². The summed E-state index contributed by atoms with van der Waals surface area (Å²) in [6, 6.07) is 20.9. The maximum Gasteiger partial charge on any atom is 0.297 e. The van der Waals surface area contributed by atoms with Crippen LogP contribution in [0.5, 0.6) is 0 Å². The molecule has 1 atom stereocenters. The van der Waals surface area contributed by atoms with Crippen molar-refractivity contribution in [1.29, 1.82) is 0 Å².